The second-order valence-corrected chi connectivity index (χ2v) is 4.74. The number of nitrogens with two attached hydrogens (primary N) is 1. The van der Waals surface area contributed by atoms with Gasteiger partial charge in [-0.15, -0.1) is 0 Å². The first-order valence-electron chi connectivity index (χ1n) is 6.40. The zero-order valence-electron chi connectivity index (χ0n) is 10.8. The van der Waals surface area contributed by atoms with Crippen molar-refractivity contribution in [1.29, 1.82) is 0 Å². The van der Waals surface area contributed by atoms with Crippen LogP contribution in [-0.2, 0) is 0 Å². The van der Waals surface area contributed by atoms with Crippen molar-refractivity contribution in [1.82, 2.24) is 9.88 Å². The fourth-order valence-corrected chi connectivity index (χ4v) is 2.42. The Morgan fingerprint density at radius 1 is 1.29 bits per heavy atom. The van der Waals surface area contributed by atoms with Gasteiger partial charge in [0.05, 0.1) is 11.9 Å². The number of aryl methyl sites for hydroxylation is 1. The minimum absolute atomic E-state index is 0.746. The summed E-state index contributed by atoms with van der Waals surface area (Å²) >= 11 is 0. The average molecular weight is 234 g/mol. The summed E-state index contributed by atoms with van der Waals surface area (Å²) in [6, 6.07) is 2.00. The van der Waals surface area contributed by atoms with Crippen molar-refractivity contribution in [2.24, 2.45) is 0 Å². The maximum Gasteiger partial charge on any atom is 0.131 e. The lowest BCUT2D eigenvalue weighted by Gasteiger charge is -2.35. The lowest BCUT2D eigenvalue weighted by atomic mass is 10.2. The van der Waals surface area contributed by atoms with E-state index in [1.165, 1.54) is 18.5 Å². The van der Waals surface area contributed by atoms with Crippen molar-refractivity contribution in [3.8, 4) is 0 Å². The first-order valence-corrected chi connectivity index (χ1v) is 6.40. The van der Waals surface area contributed by atoms with Crippen molar-refractivity contribution in [2.45, 2.75) is 20.3 Å². The molecule has 0 unspecified atom stereocenters. The van der Waals surface area contributed by atoms with Crippen LogP contribution in [0.4, 0.5) is 11.5 Å². The maximum absolute atomic E-state index is 5.73. The molecule has 0 aliphatic carbocycles. The third-order valence-corrected chi connectivity index (χ3v) is 3.28. The highest BCUT2D eigenvalue weighted by Crippen LogP contribution is 2.20. The number of hydrogen-bond acceptors (Lipinski definition) is 4. The molecule has 1 aromatic rings. The molecule has 2 heterocycles. The van der Waals surface area contributed by atoms with Gasteiger partial charge >= 0.3 is 0 Å². The smallest absolute Gasteiger partial charge is 0.131 e. The standard InChI is InChI=1S/C13H22N4/c1-3-4-16-5-7-17(8-6-16)13-11(2)9-12(14)10-15-13/h9-10H,3-8,14H2,1-2H3. The molecule has 94 valence electrons. The van der Waals surface area contributed by atoms with Crippen LogP contribution in [0.5, 0.6) is 0 Å². The number of aromatic nitrogens is 1. The molecule has 2 N–H and O–H groups in total. The molecule has 0 radical (unpaired) electrons. The Morgan fingerprint density at radius 3 is 2.59 bits per heavy atom. The summed E-state index contributed by atoms with van der Waals surface area (Å²) < 4.78 is 0. The van der Waals surface area contributed by atoms with Crippen LogP contribution in [-0.4, -0.2) is 42.6 Å². The van der Waals surface area contributed by atoms with Gasteiger partial charge in [0.25, 0.3) is 0 Å². The Hall–Kier alpha value is -1.29. The van der Waals surface area contributed by atoms with E-state index in [1.807, 2.05) is 6.07 Å². The van der Waals surface area contributed by atoms with Gasteiger partial charge in [0.15, 0.2) is 0 Å². The molecule has 0 saturated carbocycles. The Bertz CT molecular complexity index is 370. The monoisotopic (exact) mass is 234 g/mol. The molecule has 0 bridgehead atoms. The van der Waals surface area contributed by atoms with Crippen molar-refractivity contribution in [2.75, 3.05) is 43.4 Å². The zero-order valence-corrected chi connectivity index (χ0v) is 10.8. The van der Waals surface area contributed by atoms with Gasteiger partial charge in [0.1, 0.15) is 5.82 Å². The van der Waals surface area contributed by atoms with Crippen LogP contribution in [0.25, 0.3) is 0 Å². The highest BCUT2D eigenvalue weighted by atomic mass is 15.3. The lowest BCUT2D eigenvalue weighted by Crippen LogP contribution is -2.47. The van der Waals surface area contributed by atoms with Gasteiger partial charge in [-0.3, -0.25) is 4.90 Å². The Labute approximate surface area is 103 Å². The highest BCUT2D eigenvalue weighted by Gasteiger charge is 2.18. The number of anilines is 2. The van der Waals surface area contributed by atoms with E-state index >= 15 is 0 Å². The molecule has 0 atom stereocenters. The molecule has 1 fully saturated rings. The van der Waals surface area contributed by atoms with E-state index in [0.717, 1.165) is 37.7 Å². The highest BCUT2D eigenvalue weighted by molar-refractivity contribution is 5.52. The molecule has 1 aromatic heterocycles. The number of piperazine rings is 1. The predicted molar refractivity (Wildman–Crippen MR) is 72.3 cm³/mol. The average Bonchev–Trinajstić information content (AvgIpc) is 2.31. The molecule has 2 rings (SSSR count). The van der Waals surface area contributed by atoms with Crippen molar-refractivity contribution in [3.63, 3.8) is 0 Å². The maximum atomic E-state index is 5.73. The first kappa shape index (κ1) is 12.2. The van der Waals surface area contributed by atoms with Crippen LogP contribution in [0.2, 0.25) is 0 Å². The molecule has 1 saturated heterocycles. The van der Waals surface area contributed by atoms with Gasteiger partial charge in [0.2, 0.25) is 0 Å². The van der Waals surface area contributed by atoms with Crippen LogP contribution in [0, 0.1) is 6.92 Å². The molecular formula is C13H22N4. The van der Waals surface area contributed by atoms with E-state index in [4.69, 9.17) is 5.73 Å². The summed E-state index contributed by atoms with van der Waals surface area (Å²) in [5, 5.41) is 0. The van der Waals surface area contributed by atoms with E-state index in [2.05, 4.69) is 28.6 Å². The summed E-state index contributed by atoms with van der Waals surface area (Å²) in [6.07, 6.45) is 2.99. The SMILES string of the molecule is CCCN1CCN(c2ncc(N)cc2C)CC1. The van der Waals surface area contributed by atoms with Crippen LogP contribution in [0.15, 0.2) is 12.3 Å². The van der Waals surface area contributed by atoms with Gasteiger partial charge in [-0.1, -0.05) is 6.92 Å². The van der Waals surface area contributed by atoms with Crippen LogP contribution in [0.3, 0.4) is 0 Å². The Kier molecular flexibility index (Phi) is 3.84. The molecule has 0 spiro atoms. The Morgan fingerprint density at radius 2 is 2.00 bits per heavy atom. The third-order valence-electron chi connectivity index (χ3n) is 3.28. The van der Waals surface area contributed by atoms with Crippen LogP contribution >= 0.6 is 0 Å². The van der Waals surface area contributed by atoms with Crippen LogP contribution < -0.4 is 10.6 Å². The molecular weight excluding hydrogens is 212 g/mol. The molecule has 17 heavy (non-hydrogen) atoms. The van der Waals surface area contributed by atoms with Crippen molar-refractivity contribution in [3.05, 3.63) is 17.8 Å². The normalized spacial score (nSPS) is 17.4. The van der Waals surface area contributed by atoms with Gasteiger partial charge in [-0.05, 0) is 31.5 Å². The van der Waals surface area contributed by atoms with E-state index < -0.39 is 0 Å². The fraction of sp³-hybridized carbons (Fsp3) is 0.615. The van der Waals surface area contributed by atoms with Gasteiger partial charge in [-0.25, -0.2) is 4.98 Å². The number of rotatable bonds is 3. The van der Waals surface area contributed by atoms with E-state index in [9.17, 15) is 0 Å². The van der Waals surface area contributed by atoms with Gasteiger partial charge in [-0.2, -0.15) is 0 Å². The zero-order chi connectivity index (χ0) is 12.3. The predicted octanol–water partition coefficient (Wildman–Crippen LogP) is 1.50. The molecule has 1 aliphatic rings. The molecule has 4 nitrogen and oxygen atoms in total. The van der Waals surface area contributed by atoms with Crippen molar-refractivity contribution >= 4 is 11.5 Å². The van der Waals surface area contributed by atoms with Crippen molar-refractivity contribution < 1.29 is 0 Å². The minimum atomic E-state index is 0.746. The summed E-state index contributed by atoms with van der Waals surface area (Å²) in [6.45, 7) is 9.94. The second-order valence-electron chi connectivity index (χ2n) is 4.74. The van der Waals surface area contributed by atoms with Crippen LogP contribution in [0.1, 0.15) is 18.9 Å². The largest absolute Gasteiger partial charge is 0.397 e. The number of nitrogens with zero attached hydrogens (tertiary/aromatic N) is 3. The van der Waals surface area contributed by atoms with E-state index in [-0.39, 0.29) is 0 Å². The van der Waals surface area contributed by atoms with E-state index in [1.54, 1.807) is 6.20 Å². The lowest BCUT2D eigenvalue weighted by molar-refractivity contribution is 0.258. The topological polar surface area (TPSA) is 45.4 Å². The molecule has 0 amide bonds. The summed E-state index contributed by atoms with van der Waals surface area (Å²) in [4.78, 5) is 9.33. The Balaban J connectivity index is 2.00. The molecule has 4 heteroatoms. The number of hydrogen-bond donors (Lipinski definition) is 1. The fourth-order valence-electron chi connectivity index (χ4n) is 2.42. The summed E-state index contributed by atoms with van der Waals surface area (Å²) in [5.41, 5.74) is 7.65. The van der Waals surface area contributed by atoms with Gasteiger partial charge < -0.3 is 10.6 Å². The third kappa shape index (κ3) is 2.88. The first-order chi connectivity index (χ1) is 8.20. The van der Waals surface area contributed by atoms with E-state index in [0.29, 0.717) is 0 Å². The number of pyridine rings is 1. The quantitative estimate of drug-likeness (QED) is 0.861. The minimum Gasteiger partial charge on any atom is -0.397 e. The molecule has 0 aromatic carbocycles. The number of nitrogen functional groups attached to an aromatic ring is 1. The second kappa shape index (κ2) is 5.36. The summed E-state index contributed by atoms with van der Waals surface area (Å²) in [5.74, 6) is 1.09. The summed E-state index contributed by atoms with van der Waals surface area (Å²) in [7, 11) is 0. The van der Waals surface area contributed by atoms with Gasteiger partial charge in [0, 0.05) is 26.2 Å². The molecule has 1 aliphatic heterocycles.